The van der Waals surface area contributed by atoms with Gasteiger partial charge in [-0.25, -0.2) is 4.39 Å². The minimum absolute atomic E-state index is 0.0217. The number of hydrogen-bond acceptors (Lipinski definition) is 3. The van der Waals surface area contributed by atoms with E-state index in [1.165, 1.54) is 0 Å². The van der Waals surface area contributed by atoms with Gasteiger partial charge in [-0.15, -0.1) is 0 Å². The van der Waals surface area contributed by atoms with Gasteiger partial charge in [0.25, 0.3) is 0 Å². The van der Waals surface area contributed by atoms with Crippen molar-refractivity contribution in [3.05, 3.63) is 0 Å². The molecule has 1 amide bonds. The van der Waals surface area contributed by atoms with Gasteiger partial charge in [0.05, 0.1) is 19.3 Å². The van der Waals surface area contributed by atoms with E-state index in [4.69, 9.17) is 4.74 Å². The highest BCUT2D eigenvalue weighted by Gasteiger charge is 2.32. The molecule has 2 aliphatic rings. The number of halogens is 1. The summed E-state index contributed by atoms with van der Waals surface area (Å²) in [6.07, 6.45) is -0.555. The zero-order chi connectivity index (χ0) is 9.97. The molecule has 0 unspecified atom stereocenters. The van der Waals surface area contributed by atoms with Crippen molar-refractivity contribution >= 4 is 5.91 Å². The lowest BCUT2D eigenvalue weighted by molar-refractivity contribution is -0.137. The number of carbonyl (C=O) groups excluding carboxylic acids is 1. The molecule has 2 aliphatic heterocycles. The molecule has 0 aromatic carbocycles. The third-order valence-corrected chi connectivity index (χ3v) is 2.70. The Morgan fingerprint density at radius 2 is 2.14 bits per heavy atom. The fourth-order valence-electron chi connectivity index (χ4n) is 1.88. The van der Waals surface area contributed by atoms with Gasteiger partial charge in [-0.1, -0.05) is 0 Å². The Balaban J connectivity index is 1.87. The summed E-state index contributed by atoms with van der Waals surface area (Å²) in [5.41, 5.74) is 0. The summed E-state index contributed by atoms with van der Waals surface area (Å²) in [6.45, 7) is 2.76. The summed E-state index contributed by atoms with van der Waals surface area (Å²) < 4.78 is 18.0. The second kappa shape index (κ2) is 4.23. The van der Waals surface area contributed by atoms with Crippen LogP contribution < -0.4 is 5.32 Å². The lowest BCUT2D eigenvalue weighted by atomic mass is 10.2. The molecule has 14 heavy (non-hydrogen) atoms. The molecule has 2 atom stereocenters. The Bertz CT molecular complexity index is 212. The fraction of sp³-hybridized carbons (Fsp3) is 0.889. The maximum Gasteiger partial charge on any atom is 0.239 e. The van der Waals surface area contributed by atoms with Gasteiger partial charge in [0.15, 0.2) is 0 Å². The zero-order valence-electron chi connectivity index (χ0n) is 8.04. The van der Waals surface area contributed by atoms with Gasteiger partial charge in [-0.2, -0.15) is 0 Å². The van der Waals surface area contributed by atoms with Crippen molar-refractivity contribution < 1.29 is 13.9 Å². The average Bonchev–Trinajstić information content (AvgIpc) is 2.65. The second-order valence-corrected chi connectivity index (χ2v) is 3.73. The van der Waals surface area contributed by atoms with E-state index in [1.807, 2.05) is 0 Å². The summed E-state index contributed by atoms with van der Waals surface area (Å²) in [6, 6.07) is -0.317. The number of carbonyl (C=O) groups is 1. The van der Waals surface area contributed by atoms with Crippen LogP contribution in [0.4, 0.5) is 4.39 Å². The lowest BCUT2D eigenvalue weighted by Gasteiger charge is -2.29. The Morgan fingerprint density at radius 3 is 2.71 bits per heavy atom. The van der Waals surface area contributed by atoms with E-state index >= 15 is 0 Å². The van der Waals surface area contributed by atoms with Crippen LogP contribution >= 0.6 is 0 Å². The van der Waals surface area contributed by atoms with E-state index in [2.05, 4.69) is 5.32 Å². The van der Waals surface area contributed by atoms with E-state index in [-0.39, 0.29) is 11.9 Å². The number of hydrogen-bond donors (Lipinski definition) is 1. The highest BCUT2D eigenvalue weighted by atomic mass is 19.1. The minimum atomic E-state index is -0.870. The summed E-state index contributed by atoms with van der Waals surface area (Å²) in [5, 5.41) is 2.90. The van der Waals surface area contributed by atoms with Crippen LogP contribution in [-0.4, -0.2) is 55.9 Å². The maximum atomic E-state index is 12.8. The third-order valence-electron chi connectivity index (χ3n) is 2.70. The summed E-state index contributed by atoms with van der Waals surface area (Å²) >= 11 is 0. The van der Waals surface area contributed by atoms with Crippen molar-refractivity contribution in [2.24, 2.45) is 0 Å². The van der Waals surface area contributed by atoms with Crippen molar-refractivity contribution in [3.8, 4) is 0 Å². The SMILES string of the molecule is O=C([C@H]1C[C@H](F)CN1)N1CCOCC1. The topological polar surface area (TPSA) is 41.6 Å². The molecule has 4 nitrogen and oxygen atoms in total. The molecular formula is C9H15FN2O2. The predicted octanol–water partition coefficient (Wildman–Crippen LogP) is -0.455. The molecule has 0 bridgehead atoms. The van der Waals surface area contributed by atoms with E-state index in [0.29, 0.717) is 39.3 Å². The number of nitrogens with one attached hydrogen (secondary N) is 1. The molecule has 2 fully saturated rings. The number of amides is 1. The smallest absolute Gasteiger partial charge is 0.239 e. The average molecular weight is 202 g/mol. The minimum Gasteiger partial charge on any atom is -0.378 e. The summed E-state index contributed by atoms with van der Waals surface area (Å²) in [7, 11) is 0. The highest BCUT2D eigenvalue weighted by Crippen LogP contribution is 2.13. The summed E-state index contributed by atoms with van der Waals surface area (Å²) in [5.74, 6) is 0.0217. The highest BCUT2D eigenvalue weighted by molar-refractivity contribution is 5.82. The van der Waals surface area contributed by atoms with Gasteiger partial charge < -0.3 is 15.0 Å². The van der Waals surface area contributed by atoms with E-state index in [0.717, 1.165) is 0 Å². The molecule has 2 heterocycles. The van der Waals surface area contributed by atoms with Gasteiger partial charge in [0.1, 0.15) is 6.17 Å². The van der Waals surface area contributed by atoms with E-state index in [1.54, 1.807) is 4.90 Å². The third kappa shape index (κ3) is 2.04. The Labute approximate surface area is 82.4 Å². The Morgan fingerprint density at radius 1 is 1.43 bits per heavy atom. The molecule has 0 aromatic rings. The van der Waals surface area contributed by atoms with Gasteiger partial charge in [0, 0.05) is 26.1 Å². The first-order valence-electron chi connectivity index (χ1n) is 5.01. The molecule has 2 rings (SSSR count). The monoisotopic (exact) mass is 202 g/mol. The van der Waals surface area contributed by atoms with Crippen LogP contribution in [0.15, 0.2) is 0 Å². The van der Waals surface area contributed by atoms with E-state index < -0.39 is 6.17 Å². The predicted molar refractivity (Wildman–Crippen MR) is 48.7 cm³/mol. The number of morpholine rings is 1. The molecule has 0 aromatic heterocycles. The lowest BCUT2D eigenvalue weighted by Crippen LogP contribution is -2.48. The molecule has 1 N–H and O–H groups in total. The van der Waals surface area contributed by atoms with Crippen LogP contribution in [0.2, 0.25) is 0 Å². The fourth-order valence-corrected chi connectivity index (χ4v) is 1.88. The maximum absolute atomic E-state index is 12.8. The van der Waals surface area contributed by atoms with Gasteiger partial charge in [-0.3, -0.25) is 4.79 Å². The molecule has 0 saturated carbocycles. The van der Waals surface area contributed by atoms with Crippen molar-refractivity contribution in [3.63, 3.8) is 0 Å². The summed E-state index contributed by atoms with van der Waals surface area (Å²) in [4.78, 5) is 13.5. The zero-order valence-corrected chi connectivity index (χ0v) is 8.04. The van der Waals surface area contributed by atoms with Crippen molar-refractivity contribution in [2.75, 3.05) is 32.8 Å². The molecule has 2 saturated heterocycles. The van der Waals surface area contributed by atoms with Gasteiger partial charge in [0.2, 0.25) is 5.91 Å². The van der Waals surface area contributed by atoms with Crippen LogP contribution in [0.1, 0.15) is 6.42 Å². The quantitative estimate of drug-likeness (QED) is 0.626. The number of alkyl halides is 1. The van der Waals surface area contributed by atoms with Crippen LogP contribution in [0.25, 0.3) is 0 Å². The number of ether oxygens (including phenoxy) is 1. The van der Waals surface area contributed by atoms with Crippen LogP contribution in [-0.2, 0) is 9.53 Å². The van der Waals surface area contributed by atoms with Crippen LogP contribution in [0, 0.1) is 0 Å². The first-order chi connectivity index (χ1) is 6.77. The van der Waals surface area contributed by atoms with Crippen LogP contribution in [0.5, 0.6) is 0 Å². The van der Waals surface area contributed by atoms with Crippen LogP contribution in [0.3, 0.4) is 0 Å². The van der Waals surface area contributed by atoms with Crippen molar-refractivity contribution in [1.82, 2.24) is 10.2 Å². The Kier molecular flexibility index (Phi) is 2.98. The Hall–Kier alpha value is -0.680. The first kappa shape index (κ1) is 9.86. The molecule has 0 aliphatic carbocycles. The number of rotatable bonds is 1. The molecule has 80 valence electrons. The standard InChI is InChI=1S/C9H15FN2O2/c10-7-5-8(11-6-7)9(13)12-1-3-14-4-2-12/h7-8,11H,1-6H2/t7-,8+/m0/s1. The van der Waals surface area contributed by atoms with Crippen molar-refractivity contribution in [2.45, 2.75) is 18.6 Å². The molecule has 0 spiro atoms. The van der Waals surface area contributed by atoms with E-state index in [9.17, 15) is 9.18 Å². The first-order valence-corrected chi connectivity index (χ1v) is 5.01. The van der Waals surface area contributed by atoms with Gasteiger partial charge >= 0.3 is 0 Å². The molecular weight excluding hydrogens is 187 g/mol. The number of nitrogens with zero attached hydrogens (tertiary/aromatic N) is 1. The molecule has 0 radical (unpaired) electrons. The second-order valence-electron chi connectivity index (χ2n) is 3.73. The molecule has 5 heteroatoms. The largest absolute Gasteiger partial charge is 0.378 e. The van der Waals surface area contributed by atoms with Crippen molar-refractivity contribution in [1.29, 1.82) is 0 Å². The van der Waals surface area contributed by atoms with Gasteiger partial charge in [-0.05, 0) is 0 Å². The normalized spacial score (nSPS) is 33.4.